The van der Waals surface area contributed by atoms with Gasteiger partial charge in [0.05, 0.1) is 11.0 Å². The molecule has 0 fully saturated rings. The van der Waals surface area contributed by atoms with Crippen LogP contribution in [-0.2, 0) is 0 Å². The fourth-order valence-electron chi connectivity index (χ4n) is 1.79. The highest BCUT2D eigenvalue weighted by molar-refractivity contribution is 6.29. The number of rotatable bonds is 4. The zero-order valence-electron chi connectivity index (χ0n) is 10.5. The van der Waals surface area contributed by atoms with Gasteiger partial charge in [0.15, 0.2) is 0 Å². The van der Waals surface area contributed by atoms with E-state index in [-0.39, 0.29) is 16.7 Å². The second-order valence-corrected chi connectivity index (χ2v) is 4.53. The largest absolute Gasteiger partial charge is 0.358 e. The van der Waals surface area contributed by atoms with Gasteiger partial charge in [0, 0.05) is 11.6 Å². The molecule has 5 nitrogen and oxygen atoms in total. The van der Waals surface area contributed by atoms with Crippen molar-refractivity contribution in [1.82, 2.24) is 4.98 Å². The van der Waals surface area contributed by atoms with Gasteiger partial charge in [-0.05, 0) is 19.1 Å². The fourth-order valence-corrected chi connectivity index (χ4v) is 1.94. The summed E-state index contributed by atoms with van der Waals surface area (Å²) in [5.41, 5.74) is 0.182. The highest BCUT2D eigenvalue weighted by atomic mass is 35.5. The minimum absolute atomic E-state index is 0.0123. The summed E-state index contributed by atoms with van der Waals surface area (Å²) in [6, 6.07) is 8.30. The molecule has 1 aromatic heterocycles. The Balaban J connectivity index is 2.32. The summed E-state index contributed by atoms with van der Waals surface area (Å²) in [5, 5.41) is 13.9. The Hall–Kier alpha value is -2.21. The topological polar surface area (TPSA) is 68.1 Å². The normalized spacial score (nSPS) is 11.9. The Kier molecular flexibility index (Phi) is 4.14. The smallest absolute Gasteiger partial charge is 0.311 e. The molecule has 0 spiro atoms. The molecule has 1 heterocycles. The molecule has 2 rings (SSSR count). The van der Waals surface area contributed by atoms with Gasteiger partial charge >= 0.3 is 5.69 Å². The number of nitrogens with one attached hydrogen (secondary N) is 1. The van der Waals surface area contributed by atoms with Crippen LogP contribution < -0.4 is 5.32 Å². The van der Waals surface area contributed by atoms with Crippen molar-refractivity contribution in [2.24, 2.45) is 0 Å². The first-order valence-electron chi connectivity index (χ1n) is 5.81. The van der Waals surface area contributed by atoms with E-state index in [1.165, 1.54) is 18.2 Å². The highest BCUT2D eigenvalue weighted by Crippen LogP contribution is 2.28. The maximum Gasteiger partial charge on any atom is 0.311 e. The van der Waals surface area contributed by atoms with E-state index in [1.807, 2.05) is 0 Å². The summed E-state index contributed by atoms with van der Waals surface area (Å²) in [5.74, 6) is -0.379. The molecule has 2 aromatic rings. The average molecular weight is 296 g/mol. The maximum atomic E-state index is 13.7. The highest BCUT2D eigenvalue weighted by Gasteiger charge is 2.19. The van der Waals surface area contributed by atoms with Gasteiger partial charge in [0.25, 0.3) is 0 Å². The van der Waals surface area contributed by atoms with Crippen LogP contribution in [0.15, 0.2) is 36.4 Å². The quantitative estimate of drug-likeness (QED) is 0.527. The summed E-state index contributed by atoms with van der Waals surface area (Å²) < 4.78 is 13.7. The molecule has 1 N–H and O–H groups in total. The number of anilines is 1. The SMILES string of the molecule is CC(Nc1nc(Cl)ccc1[N+](=O)[O-])c1ccccc1F. The van der Waals surface area contributed by atoms with Crippen LogP contribution in [0.25, 0.3) is 0 Å². The van der Waals surface area contributed by atoms with Crippen molar-refractivity contribution >= 4 is 23.1 Å². The molecule has 0 aliphatic heterocycles. The molecule has 1 atom stereocenters. The summed E-state index contributed by atoms with van der Waals surface area (Å²) in [6.45, 7) is 1.69. The van der Waals surface area contributed by atoms with Crippen LogP contribution in [0.4, 0.5) is 15.9 Å². The zero-order chi connectivity index (χ0) is 14.7. The molecule has 1 unspecified atom stereocenters. The second kappa shape index (κ2) is 5.83. The summed E-state index contributed by atoms with van der Waals surface area (Å²) in [4.78, 5) is 14.2. The number of halogens is 2. The van der Waals surface area contributed by atoms with Crippen molar-refractivity contribution in [2.45, 2.75) is 13.0 Å². The van der Waals surface area contributed by atoms with E-state index >= 15 is 0 Å². The minimum atomic E-state index is -0.570. The van der Waals surface area contributed by atoms with Gasteiger partial charge in [-0.1, -0.05) is 29.8 Å². The standard InChI is InChI=1S/C13H11ClFN3O2/c1-8(9-4-2-3-5-10(9)15)16-13-11(18(19)20)6-7-12(14)17-13/h2-8H,1H3,(H,16,17). The third-order valence-electron chi connectivity index (χ3n) is 2.76. The van der Waals surface area contributed by atoms with Crippen LogP contribution in [0.5, 0.6) is 0 Å². The molecule has 0 aliphatic carbocycles. The van der Waals surface area contributed by atoms with Crippen LogP contribution >= 0.6 is 11.6 Å². The van der Waals surface area contributed by atoms with Crippen molar-refractivity contribution < 1.29 is 9.31 Å². The Morgan fingerprint density at radius 2 is 2.05 bits per heavy atom. The molecule has 104 valence electrons. The summed E-state index contributed by atoms with van der Waals surface area (Å²) in [7, 11) is 0. The molecule has 20 heavy (non-hydrogen) atoms. The Bertz CT molecular complexity index is 651. The van der Waals surface area contributed by atoms with Gasteiger partial charge in [-0.3, -0.25) is 10.1 Å². The number of benzene rings is 1. The predicted octanol–water partition coefficient (Wildman–Crippen LogP) is 3.96. The van der Waals surface area contributed by atoms with E-state index in [4.69, 9.17) is 11.6 Å². The lowest BCUT2D eigenvalue weighted by Crippen LogP contribution is -2.11. The van der Waals surface area contributed by atoms with Gasteiger partial charge in [-0.25, -0.2) is 9.37 Å². The van der Waals surface area contributed by atoms with Crippen LogP contribution in [0, 0.1) is 15.9 Å². The Labute approximate surface area is 119 Å². The average Bonchev–Trinajstić information content (AvgIpc) is 2.38. The van der Waals surface area contributed by atoms with E-state index in [1.54, 1.807) is 25.1 Å². The first kappa shape index (κ1) is 14.2. The van der Waals surface area contributed by atoms with Gasteiger partial charge in [-0.2, -0.15) is 0 Å². The van der Waals surface area contributed by atoms with Crippen LogP contribution in [0.1, 0.15) is 18.5 Å². The molecule has 0 bridgehead atoms. The molecule has 7 heteroatoms. The predicted molar refractivity (Wildman–Crippen MR) is 74.3 cm³/mol. The lowest BCUT2D eigenvalue weighted by molar-refractivity contribution is -0.384. The molecular weight excluding hydrogens is 285 g/mol. The third kappa shape index (κ3) is 3.03. The summed E-state index contributed by atoms with van der Waals surface area (Å²) >= 11 is 5.73. The van der Waals surface area contributed by atoms with E-state index in [0.717, 1.165) is 0 Å². The van der Waals surface area contributed by atoms with Gasteiger partial charge in [-0.15, -0.1) is 0 Å². The molecule has 0 radical (unpaired) electrons. The third-order valence-corrected chi connectivity index (χ3v) is 2.97. The fraction of sp³-hybridized carbons (Fsp3) is 0.154. The van der Waals surface area contributed by atoms with Crippen LogP contribution in [-0.4, -0.2) is 9.91 Å². The first-order chi connectivity index (χ1) is 9.49. The second-order valence-electron chi connectivity index (χ2n) is 4.15. The lowest BCUT2D eigenvalue weighted by atomic mass is 10.1. The maximum absolute atomic E-state index is 13.7. The number of hydrogen-bond donors (Lipinski definition) is 1. The first-order valence-corrected chi connectivity index (χ1v) is 6.18. The van der Waals surface area contributed by atoms with Crippen molar-refractivity contribution in [3.05, 3.63) is 63.0 Å². The molecule has 0 saturated heterocycles. The van der Waals surface area contributed by atoms with Crippen LogP contribution in [0.2, 0.25) is 5.15 Å². The van der Waals surface area contributed by atoms with E-state index in [9.17, 15) is 14.5 Å². The Morgan fingerprint density at radius 1 is 1.35 bits per heavy atom. The van der Waals surface area contributed by atoms with Crippen molar-refractivity contribution in [3.8, 4) is 0 Å². The van der Waals surface area contributed by atoms with Gasteiger partial charge in [0.1, 0.15) is 11.0 Å². The molecule has 0 saturated carbocycles. The van der Waals surface area contributed by atoms with Crippen LogP contribution in [0.3, 0.4) is 0 Å². The molecule has 0 aliphatic rings. The zero-order valence-corrected chi connectivity index (χ0v) is 11.3. The van der Waals surface area contributed by atoms with Crippen molar-refractivity contribution in [1.29, 1.82) is 0 Å². The molecular formula is C13H11ClFN3O2. The van der Waals surface area contributed by atoms with Crippen molar-refractivity contribution in [2.75, 3.05) is 5.32 Å². The lowest BCUT2D eigenvalue weighted by Gasteiger charge is -2.15. The number of aromatic nitrogens is 1. The van der Waals surface area contributed by atoms with Crippen molar-refractivity contribution in [3.63, 3.8) is 0 Å². The summed E-state index contributed by atoms with van der Waals surface area (Å²) in [6.07, 6.45) is 0. The number of hydrogen-bond acceptors (Lipinski definition) is 4. The Morgan fingerprint density at radius 3 is 2.70 bits per heavy atom. The van der Waals surface area contributed by atoms with E-state index < -0.39 is 16.8 Å². The number of pyridine rings is 1. The number of nitro groups is 1. The number of nitrogens with zero attached hydrogens (tertiary/aromatic N) is 2. The monoisotopic (exact) mass is 295 g/mol. The van der Waals surface area contributed by atoms with Gasteiger partial charge in [0.2, 0.25) is 5.82 Å². The van der Waals surface area contributed by atoms with E-state index in [2.05, 4.69) is 10.3 Å². The van der Waals surface area contributed by atoms with Gasteiger partial charge < -0.3 is 5.32 Å². The molecule has 0 amide bonds. The van der Waals surface area contributed by atoms with E-state index in [0.29, 0.717) is 5.56 Å². The minimum Gasteiger partial charge on any atom is -0.358 e. The molecule has 1 aromatic carbocycles.